The van der Waals surface area contributed by atoms with E-state index in [1.165, 1.54) is 12.1 Å². The molecule has 178 valence electrons. The standard InChI is InChI=1S/C24H25F3N6O/c25-24(26,27)23(11-1-2-13-30-23)16-5-7-17(8-6-16)31-21-20-19(10-14-29-22(20)34)33(32-21)18(9-12-28)15-3-4-15/h5-8,10,14-15,18,30H,1-4,9,11,13H2,(H,29,34)(H,31,32). The Bertz CT molecular complexity index is 1280. The third-order valence-electron chi connectivity index (χ3n) is 6.94. The number of pyridine rings is 1. The Kier molecular flexibility index (Phi) is 5.60. The average molecular weight is 470 g/mol. The Hall–Kier alpha value is -3.32. The summed E-state index contributed by atoms with van der Waals surface area (Å²) < 4.78 is 43.8. The molecule has 1 aromatic carbocycles. The molecule has 3 heterocycles. The fourth-order valence-electron chi connectivity index (χ4n) is 5.00. The molecule has 2 aromatic heterocycles. The Morgan fingerprint density at radius 2 is 2.00 bits per heavy atom. The predicted molar refractivity (Wildman–Crippen MR) is 122 cm³/mol. The maximum atomic E-state index is 14.0. The first kappa shape index (κ1) is 22.5. The molecule has 0 amide bonds. The second-order valence-corrected chi connectivity index (χ2v) is 9.12. The molecule has 3 N–H and O–H groups in total. The van der Waals surface area contributed by atoms with E-state index < -0.39 is 11.7 Å². The first-order chi connectivity index (χ1) is 16.3. The van der Waals surface area contributed by atoms with Crippen LogP contribution in [0.15, 0.2) is 41.3 Å². The predicted octanol–water partition coefficient (Wildman–Crippen LogP) is 4.86. The lowest BCUT2D eigenvalue weighted by Crippen LogP contribution is -2.56. The zero-order chi connectivity index (χ0) is 23.9. The van der Waals surface area contributed by atoms with Gasteiger partial charge in [0.1, 0.15) is 10.9 Å². The van der Waals surface area contributed by atoms with Crippen molar-refractivity contribution in [3.63, 3.8) is 0 Å². The van der Waals surface area contributed by atoms with Gasteiger partial charge in [-0.05, 0) is 68.3 Å². The molecule has 2 aliphatic rings. The van der Waals surface area contributed by atoms with E-state index in [4.69, 9.17) is 0 Å². The highest BCUT2D eigenvalue weighted by Gasteiger charge is 2.56. The summed E-state index contributed by atoms with van der Waals surface area (Å²) in [4.78, 5) is 15.3. The largest absolute Gasteiger partial charge is 0.410 e. The Morgan fingerprint density at radius 1 is 1.24 bits per heavy atom. The van der Waals surface area contributed by atoms with Crippen LogP contribution in [0.25, 0.3) is 10.9 Å². The van der Waals surface area contributed by atoms with E-state index in [9.17, 15) is 23.2 Å². The van der Waals surface area contributed by atoms with Gasteiger partial charge >= 0.3 is 6.18 Å². The average Bonchev–Trinajstić information content (AvgIpc) is 3.60. The zero-order valence-corrected chi connectivity index (χ0v) is 18.5. The van der Waals surface area contributed by atoms with Crippen LogP contribution in [0.5, 0.6) is 0 Å². The van der Waals surface area contributed by atoms with Crippen LogP contribution in [0.1, 0.15) is 50.1 Å². The Labute approximate surface area is 194 Å². The van der Waals surface area contributed by atoms with Crippen LogP contribution in [0.2, 0.25) is 0 Å². The SMILES string of the molecule is N#CCC(C1CC1)n1nc(Nc2ccc(C3(C(F)(F)F)CCCCN3)cc2)c2c(=O)[nH]ccc21. The first-order valence-electron chi connectivity index (χ1n) is 11.5. The zero-order valence-electron chi connectivity index (χ0n) is 18.5. The number of nitrogens with one attached hydrogen (secondary N) is 3. The van der Waals surface area contributed by atoms with Gasteiger partial charge in [0.05, 0.1) is 24.0 Å². The second-order valence-electron chi connectivity index (χ2n) is 9.12. The number of aromatic amines is 1. The highest BCUT2D eigenvalue weighted by molar-refractivity contribution is 5.91. The topological polar surface area (TPSA) is 98.5 Å². The minimum Gasteiger partial charge on any atom is -0.338 e. The van der Waals surface area contributed by atoms with Gasteiger partial charge in [-0.15, -0.1) is 0 Å². The van der Waals surface area contributed by atoms with Crippen LogP contribution in [-0.2, 0) is 5.54 Å². The quantitative estimate of drug-likeness (QED) is 0.478. The summed E-state index contributed by atoms with van der Waals surface area (Å²) >= 11 is 0. The van der Waals surface area contributed by atoms with Gasteiger partial charge < -0.3 is 10.3 Å². The number of aromatic nitrogens is 3. The smallest absolute Gasteiger partial charge is 0.338 e. The second kappa shape index (κ2) is 8.47. The number of halogens is 3. The highest BCUT2D eigenvalue weighted by atomic mass is 19.4. The molecule has 1 aliphatic carbocycles. The molecular formula is C24H25F3N6O. The maximum absolute atomic E-state index is 14.0. The van der Waals surface area contributed by atoms with Crippen molar-refractivity contribution in [2.24, 2.45) is 5.92 Å². The van der Waals surface area contributed by atoms with Crippen molar-refractivity contribution < 1.29 is 13.2 Å². The number of piperidine rings is 1. The van der Waals surface area contributed by atoms with Gasteiger partial charge in [-0.2, -0.15) is 23.5 Å². The van der Waals surface area contributed by atoms with Crippen LogP contribution in [0, 0.1) is 17.2 Å². The maximum Gasteiger partial charge on any atom is 0.410 e. The summed E-state index contributed by atoms with van der Waals surface area (Å²) in [5.74, 6) is 0.658. The normalized spacial score (nSPS) is 21.8. The van der Waals surface area contributed by atoms with Crippen LogP contribution in [-0.4, -0.2) is 27.5 Å². The van der Waals surface area contributed by atoms with E-state index in [2.05, 4.69) is 26.8 Å². The van der Waals surface area contributed by atoms with Gasteiger partial charge in [-0.25, -0.2) is 0 Å². The van der Waals surface area contributed by atoms with Crippen LogP contribution in [0.4, 0.5) is 24.7 Å². The Morgan fingerprint density at radius 3 is 2.62 bits per heavy atom. The van der Waals surface area contributed by atoms with Crippen LogP contribution >= 0.6 is 0 Å². The van der Waals surface area contributed by atoms with Gasteiger partial charge in [0.25, 0.3) is 5.56 Å². The van der Waals surface area contributed by atoms with Gasteiger partial charge in [0, 0.05) is 11.9 Å². The summed E-state index contributed by atoms with van der Waals surface area (Å²) in [6, 6.07) is 9.94. The van der Waals surface area contributed by atoms with Crippen molar-refractivity contribution in [1.82, 2.24) is 20.1 Å². The lowest BCUT2D eigenvalue weighted by molar-refractivity contribution is -0.207. The number of H-pyrrole nitrogens is 1. The Balaban J connectivity index is 1.49. The number of hydrogen-bond donors (Lipinski definition) is 3. The molecule has 0 bridgehead atoms. The summed E-state index contributed by atoms with van der Waals surface area (Å²) in [7, 11) is 0. The van der Waals surface area contributed by atoms with E-state index in [-0.39, 0.29) is 30.0 Å². The van der Waals surface area contributed by atoms with Crippen molar-refractivity contribution in [1.29, 1.82) is 5.26 Å². The monoisotopic (exact) mass is 470 g/mol. The molecule has 34 heavy (non-hydrogen) atoms. The molecule has 1 aliphatic heterocycles. The molecule has 7 nitrogen and oxygen atoms in total. The molecule has 3 aromatic rings. The number of benzene rings is 1. The number of fused-ring (bicyclic) bond motifs is 1. The number of hydrogen-bond acceptors (Lipinski definition) is 5. The van der Waals surface area contributed by atoms with Crippen molar-refractivity contribution in [3.05, 3.63) is 52.4 Å². The molecule has 2 atom stereocenters. The molecular weight excluding hydrogens is 445 g/mol. The molecule has 0 spiro atoms. The molecule has 10 heteroatoms. The van der Waals surface area contributed by atoms with Gasteiger partial charge in [-0.1, -0.05) is 12.1 Å². The van der Waals surface area contributed by atoms with Crippen molar-refractivity contribution in [3.8, 4) is 6.07 Å². The van der Waals surface area contributed by atoms with E-state index in [0.29, 0.717) is 41.3 Å². The molecule has 5 rings (SSSR count). The minimum atomic E-state index is -4.41. The first-order valence-corrected chi connectivity index (χ1v) is 11.5. The van der Waals surface area contributed by atoms with Gasteiger partial charge in [-0.3, -0.25) is 14.8 Å². The summed E-state index contributed by atoms with van der Waals surface area (Å²) in [6.07, 6.45) is 0.657. The number of anilines is 2. The number of nitriles is 1. The molecule has 2 fully saturated rings. The van der Waals surface area contributed by atoms with Crippen molar-refractivity contribution in [2.45, 2.75) is 56.3 Å². The number of alkyl halides is 3. The minimum absolute atomic E-state index is 0.00482. The van der Waals surface area contributed by atoms with E-state index in [0.717, 1.165) is 19.3 Å². The summed E-state index contributed by atoms with van der Waals surface area (Å²) in [6.45, 7) is 0.316. The number of rotatable bonds is 6. The van der Waals surface area contributed by atoms with Crippen molar-refractivity contribution >= 4 is 22.4 Å². The fourth-order valence-corrected chi connectivity index (χ4v) is 5.00. The van der Waals surface area contributed by atoms with Gasteiger partial charge in [0.2, 0.25) is 0 Å². The summed E-state index contributed by atoms with van der Waals surface area (Å²) in [5, 5.41) is 20.1. The van der Waals surface area contributed by atoms with Crippen molar-refractivity contribution in [2.75, 3.05) is 11.9 Å². The fraction of sp³-hybridized carbons (Fsp3) is 0.458. The third kappa shape index (κ3) is 3.84. The van der Waals surface area contributed by atoms with E-state index in [1.807, 2.05) is 0 Å². The molecule has 1 saturated heterocycles. The third-order valence-corrected chi connectivity index (χ3v) is 6.94. The van der Waals surface area contributed by atoms with Crippen LogP contribution in [0.3, 0.4) is 0 Å². The molecule has 0 radical (unpaired) electrons. The number of nitrogens with zero attached hydrogens (tertiary/aromatic N) is 3. The van der Waals surface area contributed by atoms with E-state index in [1.54, 1.807) is 29.1 Å². The van der Waals surface area contributed by atoms with Crippen LogP contribution < -0.4 is 16.2 Å². The highest BCUT2D eigenvalue weighted by Crippen LogP contribution is 2.45. The van der Waals surface area contributed by atoms with Gasteiger partial charge in [0.15, 0.2) is 5.82 Å². The molecule has 2 unspecified atom stereocenters. The lowest BCUT2D eigenvalue weighted by atomic mass is 9.81. The lowest BCUT2D eigenvalue weighted by Gasteiger charge is -2.40. The molecule has 1 saturated carbocycles. The van der Waals surface area contributed by atoms with E-state index >= 15 is 0 Å². The summed E-state index contributed by atoms with van der Waals surface area (Å²) in [5.41, 5.74) is -1.06.